The van der Waals surface area contributed by atoms with E-state index in [1.54, 1.807) is 11.8 Å². The molecule has 230 valence electrons. The van der Waals surface area contributed by atoms with Crippen LogP contribution in [0.2, 0.25) is 0 Å². The zero-order valence-corrected chi connectivity index (χ0v) is 23.6. The molecule has 2 aromatic carbocycles. The lowest BCUT2D eigenvalue weighted by Crippen LogP contribution is -2.47. The van der Waals surface area contributed by atoms with Crippen molar-refractivity contribution in [3.8, 4) is 0 Å². The van der Waals surface area contributed by atoms with E-state index in [1.807, 2.05) is 35.2 Å². The number of benzene rings is 2. The fraction of sp³-hybridized carbons (Fsp3) is 0.483. The van der Waals surface area contributed by atoms with Crippen LogP contribution >= 0.6 is 0 Å². The molecule has 1 N–H and O–H groups in total. The number of halogens is 3. The van der Waals surface area contributed by atoms with Crippen molar-refractivity contribution < 1.29 is 46.9 Å². The van der Waals surface area contributed by atoms with Gasteiger partial charge in [-0.15, -0.1) is 0 Å². The van der Waals surface area contributed by atoms with Crippen LogP contribution in [0.3, 0.4) is 0 Å². The van der Waals surface area contributed by atoms with Crippen molar-refractivity contribution in [2.75, 3.05) is 44.2 Å². The van der Waals surface area contributed by atoms with Gasteiger partial charge in [0.05, 0.1) is 12.2 Å². The number of rotatable bonds is 12. The summed E-state index contributed by atoms with van der Waals surface area (Å²) in [6, 6.07) is 12.9. The molecule has 0 aromatic heterocycles. The minimum absolute atomic E-state index is 0.0622. The molecule has 1 saturated heterocycles. The summed E-state index contributed by atoms with van der Waals surface area (Å²) < 4.78 is 56.0. The Morgan fingerprint density at radius 2 is 1.71 bits per heavy atom. The fourth-order valence-electron chi connectivity index (χ4n) is 4.56. The maximum atomic E-state index is 13.8. The summed E-state index contributed by atoms with van der Waals surface area (Å²) in [5, 5.41) is 9.24. The second-order valence-electron chi connectivity index (χ2n) is 9.76. The number of esters is 1. The normalized spacial score (nSPS) is 14.6. The van der Waals surface area contributed by atoms with Crippen molar-refractivity contribution in [2.24, 2.45) is 0 Å². The predicted octanol–water partition coefficient (Wildman–Crippen LogP) is 5.35. The summed E-state index contributed by atoms with van der Waals surface area (Å²) in [4.78, 5) is 40.2. The number of carboxylic acid groups (broad SMARTS) is 1. The van der Waals surface area contributed by atoms with Crippen LogP contribution in [0.1, 0.15) is 43.4 Å². The Morgan fingerprint density at radius 1 is 1.02 bits per heavy atom. The van der Waals surface area contributed by atoms with Crippen LogP contribution in [0.4, 0.5) is 28.4 Å². The first-order valence-corrected chi connectivity index (χ1v) is 13.7. The van der Waals surface area contributed by atoms with Crippen molar-refractivity contribution in [1.29, 1.82) is 0 Å². The van der Waals surface area contributed by atoms with Crippen molar-refractivity contribution in [3.63, 3.8) is 0 Å². The van der Waals surface area contributed by atoms with Crippen LogP contribution in [0.25, 0.3) is 0 Å². The van der Waals surface area contributed by atoms with Crippen molar-refractivity contribution in [3.05, 3.63) is 65.2 Å². The predicted molar refractivity (Wildman–Crippen MR) is 147 cm³/mol. The molecule has 42 heavy (non-hydrogen) atoms. The average molecular weight is 596 g/mol. The third-order valence-electron chi connectivity index (χ3n) is 6.64. The van der Waals surface area contributed by atoms with Gasteiger partial charge in [-0.1, -0.05) is 36.4 Å². The van der Waals surface area contributed by atoms with E-state index in [1.165, 1.54) is 17.9 Å². The topological polar surface area (TPSA) is 109 Å². The number of amides is 1. The van der Waals surface area contributed by atoms with E-state index in [4.69, 9.17) is 9.47 Å². The summed E-state index contributed by atoms with van der Waals surface area (Å²) in [5.41, 5.74) is 1.11. The molecule has 3 rings (SSSR count). The van der Waals surface area contributed by atoms with Gasteiger partial charge in [-0.2, -0.15) is 13.2 Å². The zero-order chi connectivity index (χ0) is 30.7. The Kier molecular flexibility index (Phi) is 11.8. The molecule has 0 aliphatic carbocycles. The highest BCUT2D eigenvalue weighted by molar-refractivity contribution is 5.70. The molecule has 0 bridgehead atoms. The van der Waals surface area contributed by atoms with Gasteiger partial charge in [0.1, 0.15) is 0 Å². The Hall–Kier alpha value is -4.00. The van der Waals surface area contributed by atoms with Crippen molar-refractivity contribution in [2.45, 2.75) is 52.2 Å². The summed E-state index contributed by atoms with van der Waals surface area (Å²) in [7, 11) is 0. The number of alkyl halides is 3. The number of hydrogen-bond acceptors (Lipinski definition) is 8. The summed E-state index contributed by atoms with van der Waals surface area (Å²) in [6.45, 7) is 5.45. The largest absolute Gasteiger partial charge is 0.511 e. The smallest absolute Gasteiger partial charge is 0.465 e. The Labute approximate surface area is 242 Å². The average Bonchev–Trinajstić information content (AvgIpc) is 2.93. The van der Waals surface area contributed by atoms with E-state index in [0.717, 1.165) is 17.7 Å². The fourth-order valence-corrected chi connectivity index (χ4v) is 4.56. The van der Waals surface area contributed by atoms with Crippen LogP contribution < -0.4 is 4.90 Å². The summed E-state index contributed by atoms with van der Waals surface area (Å²) in [5.74, 6) is -0.632. The molecule has 1 unspecified atom stereocenters. The summed E-state index contributed by atoms with van der Waals surface area (Å²) >= 11 is 0. The first-order valence-electron chi connectivity index (χ1n) is 13.7. The number of carbonyl (C=O) groups is 3. The highest BCUT2D eigenvalue weighted by atomic mass is 19.4. The lowest BCUT2D eigenvalue weighted by molar-refractivity contribution is -0.167. The Morgan fingerprint density at radius 3 is 2.33 bits per heavy atom. The monoisotopic (exact) mass is 595 g/mol. The molecule has 1 fully saturated rings. The molecule has 1 atom stereocenters. The van der Waals surface area contributed by atoms with Crippen LogP contribution in [0.5, 0.6) is 0 Å². The van der Waals surface area contributed by atoms with Gasteiger partial charge in [0.15, 0.2) is 0 Å². The number of ether oxygens (including phenoxy) is 3. The molecular weight excluding hydrogens is 559 g/mol. The van der Waals surface area contributed by atoms with Gasteiger partial charge >= 0.3 is 24.4 Å². The molecule has 10 nitrogen and oxygen atoms in total. The van der Waals surface area contributed by atoms with Crippen LogP contribution in [0, 0.1) is 0 Å². The third kappa shape index (κ3) is 10.1. The molecule has 1 amide bonds. The first-order chi connectivity index (χ1) is 20.0. The van der Waals surface area contributed by atoms with Gasteiger partial charge < -0.3 is 29.1 Å². The standard InChI is InChI=1S/C29H36F3N3O7/c1-3-40-28(39)42-21(2)41-26(36)10-7-13-35(19-22-8-5-4-6-9-22)25-18-24(29(30,31)32)12-11-23(25)20-33-14-16-34(17-15-33)27(37)38/h4-6,8-9,11-12,18,21H,3,7,10,13-17,19-20H2,1-2H3,(H,37,38). The maximum Gasteiger partial charge on any atom is 0.511 e. The Bertz CT molecular complexity index is 1190. The van der Waals surface area contributed by atoms with E-state index in [2.05, 4.69) is 4.74 Å². The van der Waals surface area contributed by atoms with Crippen LogP contribution in [-0.4, -0.2) is 78.7 Å². The molecular formula is C29H36F3N3O7. The third-order valence-corrected chi connectivity index (χ3v) is 6.64. The van der Waals surface area contributed by atoms with Gasteiger partial charge in [-0.25, -0.2) is 9.59 Å². The van der Waals surface area contributed by atoms with Gasteiger partial charge in [0.2, 0.25) is 6.29 Å². The van der Waals surface area contributed by atoms with Crippen LogP contribution in [0.15, 0.2) is 48.5 Å². The van der Waals surface area contributed by atoms with Crippen LogP contribution in [-0.2, 0) is 38.3 Å². The highest BCUT2D eigenvalue weighted by Gasteiger charge is 2.32. The van der Waals surface area contributed by atoms with Crippen molar-refractivity contribution in [1.82, 2.24) is 9.80 Å². The highest BCUT2D eigenvalue weighted by Crippen LogP contribution is 2.35. The van der Waals surface area contributed by atoms with Crippen molar-refractivity contribution >= 4 is 23.9 Å². The molecule has 0 spiro atoms. The zero-order valence-electron chi connectivity index (χ0n) is 23.6. The molecule has 1 aliphatic heterocycles. The first kappa shape index (κ1) is 32.5. The van der Waals surface area contributed by atoms with Gasteiger partial charge in [-0.3, -0.25) is 9.69 Å². The number of piperazine rings is 1. The molecule has 2 aromatic rings. The quantitative estimate of drug-likeness (QED) is 0.257. The second kappa shape index (κ2) is 15.3. The van der Waals surface area contributed by atoms with Gasteiger partial charge in [0.25, 0.3) is 0 Å². The molecule has 13 heteroatoms. The number of hydrogen-bond donors (Lipinski definition) is 1. The lowest BCUT2D eigenvalue weighted by Gasteiger charge is -2.35. The number of nitrogens with zero attached hydrogens (tertiary/aromatic N) is 3. The Balaban J connectivity index is 1.79. The molecule has 1 aliphatic rings. The minimum atomic E-state index is -4.56. The van der Waals surface area contributed by atoms with E-state index >= 15 is 0 Å². The number of anilines is 1. The molecule has 0 saturated carbocycles. The lowest BCUT2D eigenvalue weighted by atomic mass is 10.0. The number of carbonyl (C=O) groups excluding carboxylic acids is 2. The molecule has 0 radical (unpaired) electrons. The van der Waals surface area contributed by atoms with Gasteiger partial charge in [0, 0.05) is 64.8 Å². The minimum Gasteiger partial charge on any atom is -0.465 e. The van der Waals surface area contributed by atoms with Gasteiger partial charge in [-0.05, 0) is 36.6 Å². The van der Waals surface area contributed by atoms with E-state index in [0.29, 0.717) is 50.5 Å². The van der Waals surface area contributed by atoms with E-state index in [9.17, 15) is 32.7 Å². The SMILES string of the molecule is CCOC(=O)OC(C)OC(=O)CCCN(Cc1ccccc1)c1cc(C(F)(F)F)ccc1CN1CCN(C(=O)O)CC1. The maximum absolute atomic E-state index is 13.8. The second-order valence-corrected chi connectivity index (χ2v) is 9.76. The van der Waals surface area contributed by atoms with E-state index in [-0.39, 0.29) is 26.0 Å². The summed E-state index contributed by atoms with van der Waals surface area (Å²) in [6.07, 6.45) is -7.49. The molecule has 1 heterocycles. The van der Waals surface area contributed by atoms with E-state index < -0.39 is 36.2 Å².